The van der Waals surface area contributed by atoms with E-state index >= 15 is 0 Å². The summed E-state index contributed by atoms with van der Waals surface area (Å²) in [5, 5.41) is 4.01. The molecule has 0 heterocycles. The molecule has 6 heteroatoms. The van der Waals surface area contributed by atoms with Crippen molar-refractivity contribution in [1.82, 2.24) is 5.43 Å². The predicted molar refractivity (Wildman–Crippen MR) is 106 cm³/mol. The van der Waals surface area contributed by atoms with Gasteiger partial charge in [-0.15, -0.1) is 0 Å². The Kier molecular flexibility index (Phi) is 8.16. The number of methoxy groups -OCH3 is 1. The van der Waals surface area contributed by atoms with Crippen LogP contribution in [-0.4, -0.2) is 32.4 Å². The second kappa shape index (κ2) is 10.9. The summed E-state index contributed by atoms with van der Waals surface area (Å²) in [6, 6.07) is 12.6. The Balaban J connectivity index is 1.99. The van der Waals surface area contributed by atoms with Crippen molar-refractivity contribution in [3.63, 3.8) is 0 Å². The zero-order valence-corrected chi connectivity index (χ0v) is 16.0. The van der Waals surface area contributed by atoms with Crippen LogP contribution < -0.4 is 19.6 Å². The van der Waals surface area contributed by atoms with E-state index in [1.165, 1.54) is 0 Å². The Morgan fingerprint density at radius 2 is 1.81 bits per heavy atom. The van der Waals surface area contributed by atoms with Crippen LogP contribution in [0.15, 0.2) is 47.6 Å². The van der Waals surface area contributed by atoms with Gasteiger partial charge in [-0.3, -0.25) is 4.79 Å². The molecule has 0 atom stereocenters. The van der Waals surface area contributed by atoms with Crippen LogP contribution in [0.1, 0.15) is 42.6 Å². The molecule has 0 radical (unpaired) electrons. The van der Waals surface area contributed by atoms with Crippen molar-refractivity contribution >= 4 is 12.1 Å². The van der Waals surface area contributed by atoms with Crippen LogP contribution in [0.25, 0.3) is 0 Å². The smallest absolute Gasteiger partial charge is 0.271 e. The van der Waals surface area contributed by atoms with Gasteiger partial charge in [0.25, 0.3) is 5.91 Å². The van der Waals surface area contributed by atoms with Gasteiger partial charge >= 0.3 is 0 Å². The predicted octanol–water partition coefficient (Wildman–Crippen LogP) is 4.04. The Morgan fingerprint density at radius 3 is 2.56 bits per heavy atom. The minimum atomic E-state index is -0.329. The highest BCUT2D eigenvalue weighted by atomic mass is 16.5. The van der Waals surface area contributed by atoms with Crippen LogP contribution in [0.5, 0.6) is 17.2 Å². The van der Waals surface area contributed by atoms with Gasteiger partial charge in [0.05, 0.1) is 26.5 Å². The third-order valence-corrected chi connectivity index (χ3v) is 3.60. The molecule has 1 N–H and O–H groups in total. The largest absolute Gasteiger partial charge is 0.494 e. The molecule has 0 saturated heterocycles. The number of hydrogen-bond donors (Lipinski definition) is 1. The molecule has 0 saturated carbocycles. The average Bonchev–Trinajstić information content (AvgIpc) is 2.70. The minimum absolute atomic E-state index is 0.329. The molecule has 144 valence electrons. The first-order valence-electron chi connectivity index (χ1n) is 9.05. The standard InChI is InChI=1S/C21H26N2O4/c1-4-11-26-18-8-6-7-16(13-18)15-22-23-21(24)17-9-10-19(27-12-5-2)20(14-17)25-3/h6-10,13-15H,4-5,11-12H2,1-3H3,(H,23,24)/b22-15+. The molecule has 0 fully saturated rings. The van der Waals surface area contributed by atoms with Gasteiger partial charge in [-0.2, -0.15) is 5.10 Å². The summed E-state index contributed by atoms with van der Waals surface area (Å²) in [5.41, 5.74) is 3.79. The highest BCUT2D eigenvalue weighted by molar-refractivity contribution is 5.95. The van der Waals surface area contributed by atoms with Crippen molar-refractivity contribution in [3.05, 3.63) is 53.6 Å². The molecule has 6 nitrogen and oxygen atoms in total. The van der Waals surface area contributed by atoms with Gasteiger partial charge in [0.15, 0.2) is 11.5 Å². The zero-order valence-electron chi connectivity index (χ0n) is 16.0. The number of nitrogens with zero attached hydrogens (tertiary/aromatic N) is 1. The fraction of sp³-hybridized carbons (Fsp3) is 0.333. The second-order valence-electron chi connectivity index (χ2n) is 5.83. The van der Waals surface area contributed by atoms with E-state index in [4.69, 9.17) is 14.2 Å². The maximum atomic E-state index is 12.3. The highest BCUT2D eigenvalue weighted by Crippen LogP contribution is 2.28. The molecule has 0 unspecified atom stereocenters. The maximum absolute atomic E-state index is 12.3. The monoisotopic (exact) mass is 370 g/mol. The Bertz CT molecular complexity index is 775. The lowest BCUT2D eigenvalue weighted by Gasteiger charge is -2.11. The van der Waals surface area contributed by atoms with E-state index in [2.05, 4.69) is 17.5 Å². The number of ether oxygens (including phenoxy) is 3. The topological polar surface area (TPSA) is 69.2 Å². The fourth-order valence-corrected chi connectivity index (χ4v) is 2.27. The van der Waals surface area contributed by atoms with Crippen LogP contribution >= 0.6 is 0 Å². The summed E-state index contributed by atoms with van der Waals surface area (Å²) < 4.78 is 16.5. The molecule has 0 spiro atoms. The molecule has 2 aromatic rings. The number of hydrazone groups is 1. The Morgan fingerprint density at radius 1 is 1.04 bits per heavy atom. The van der Waals surface area contributed by atoms with Crippen LogP contribution in [0.3, 0.4) is 0 Å². The van der Waals surface area contributed by atoms with Crippen molar-refractivity contribution in [1.29, 1.82) is 0 Å². The fourth-order valence-electron chi connectivity index (χ4n) is 2.27. The van der Waals surface area contributed by atoms with E-state index in [9.17, 15) is 4.79 Å². The highest BCUT2D eigenvalue weighted by Gasteiger charge is 2.10. The number of benzene rings is 2. The molecule has 0 aliphatic rings. The Labute approximate surface area is 160 Å². The Hall–Kier alpha value is -3.02. The number of nitrogens with one attached hydrogen (secondary N) is 1. The van der Waals surface area contributed by atoms with Gasteiger partial charge in [0, 0.05) is 5.56 Å². The number of amides is 1. The summed E-state index contributed by atoms with van der Waals surface area (Å²) in [7, 11) is 1.54. The van der Waals surface area contributed by atoms with Gasteiger partial charge in [-0.05, 0) is 48.7 Å². The van der Waals surface area contributed by atoms with Crippen LogP contribution in [0.4, 0.5) is 0 Å². The third-order valence-electron chi connectivity index (χ3n) is 3.60. The lowest BCUT2D eigenvalue weighted by atomic mass is 10.2. The average molecular weight is 370 g/mol. The molecule has 1 amide bonds. The molecule has 0 aromatic heterocycles. The maximum Gasteiger partial charge on any atom is 0.271 e. The SMILES string of the molecule is CCCOc1cccc(/C=N/NC(=O)c2ccc(OCCC)c(OC)c2)c1. The zero-order chi connectivity index (χ0) is 19.5. The van der Waals surface area contributed by atoms with Crippen LogP contribution in [0, 0.1) is 0 Å². The van der Waals surface area contributed by atoms with E-state index < -0.39 is 0 Å². The summed E-state index contributed by atoms with van der Waals surface area (Å²) >= 11 is 0. The first kappa shape index (κ1) is 20.3. The van der Waals surface area contributed by atoms with E-state index in [0.717, 1.165) is 24.2 Å². The third kappa shape index (κ3) is 6.33. The van der Waals surface area contributed by atoms with E-state index in [1.807, 2.05) is 31.2 Å². The second-order valence-corrected chi connectivity index (χ2v) is 5.83. The lowest BCUT2D eigenvalue weighted by Crippen LogP contribution is -2.17. The van der Waals surface area contributed by atoms with Gasteiger partial charge in [-0.25, -0.2) is 5.43 Å². The van der Waals surface area contributed by atoms with Crippen molar-refractivity contribution in [2.45, 2.75) is 26.7 Å². The van der Waals surface area contributed by atoms with E-state index in [-0.39, 0.29) is 5.91 Å². The number of rotatable bonds is 10. The molecule has 0 aliphatic carbocycles. The summed E-state index contributed by atoms with van der Waals surface area (Å²) in [4.78, 5) is 12.3. The molecule has 2 aromatic carbocycles. The molecule has 2 rings (SSSR count). The molecule has 0 aliphatic heterocycles. The minimum Gasteiger partial charge on any atom is -0.494 e. The lowest BCUT2D eigenvalue weighted by molar-refractivity contribution is 0.0954. The van der Waals surface area contributed by atoms with Crippen LogP contribution in [0.2, 0.25) is 0 Å². The first-order chi connectivity index (χ1) is 13.2. The number of carbonyl (C=O) groups is 1. The van der Waals surface area contributed by atoms with E-state index in [1.54, 1.807) is 31.5 Å². The van der Waals surface area contributed by atoms with Crippen molar-refractivity contribution < 1.29 is 19.0 Å². The van der Waals surface area contributed by atoms with Gasteiger partial charge < -0.3 is 14.2 Å². The normalized spacial score (nSPS) is 10.6. The van der Waals surface area contributed by atoms with Crippen LogP contribution in [-0.2, 0) is 0 Å². The molecular formula is C21H26N2O4. The van der Waals surface area contributed by atoms with Crippen molar-refractivity contribution in [2.75, 3.05) is 20.3 Å². The van der Waals surface area contributed by atoms with Gasteiger partial charge in [-0.1, -0.05) is 26.0 Å². The first-order valence-corrected chi connectivity index (χ1v) is 9.05. The molecular weight excluding hydrogens is 344 g/mol. The summed E-state index contributed by atoms with van der Waals surface area (Å²) in [5.74, 6) is 1.58. The summed E-state index contributed by atoms with van der Waals surface area (Å²) in [6.45, 7) is 5.33. The van der Waals surface area contributed by atoms with Gasteiger partial charge in [0.1, 0.15) is 5.75 Å². The molecule has 0 bridgehead atoms. The van der Waals surface area contributed by atoms with Gasteiger partial charge in [0.2, 0.25) is 0 Å². The van der Waals surface area contributed by atoms with Crippen molar-refractivity contribution in [3.8, 4) is 17.2 Å². The van der Waals surface area contributed by atoms with E-state index in [0.29, 0.717) is 30.3 Å². The summed E-state index contributed by atoms with van der Waals surface area (Å²) in [6.07, 6.45) is 3.41. The molecule has 27 heavy (non-hydrogen) atoms. The number of carbonyl (C=O) groups excluding carboxylic acids is 1. The quantitative estimate of drug-likeness (QED) is 0.506. The number of hydrogen-bond acceptors (Lipinski definition) is 5. The van der Waals surface area contributed by atoms with Crippen molar-refractivity contribution in [2.24, 2.45) is 5.10 Å².